The van der Waals surface area contributed by atoms with E-state index in [1.807, 2.05) is 24.3 Å². The van der Waals surface area contributed by atoms with E-state index in [0.29, 0.717) is 6.54 Å². The van der Waals surface area contributed by atoms with Gasteiger partial charge in [0.1, 0.15) is 5.75 Å². The minimum absolute atomic E-state index is 0.707. The van der Waals surface area contributed by atoms with Crippen LogP contribution in [0.3, 0.4) is 0 Å². The number of aromatic nitrogens is 1. The zero-order valence-electron chi connectivity index (χ0n) is 13.5. The van der Waals surface area contributed by atoms with Crippen LogP contribution in [0.25, 0.3) is 22.2 Å². The Morgan fingerprint density at radius 3 is 2.79 bits per heavy atom. The normalized spacial score (nSPS) is 11.2. The molecule has 1 heterocycles. The smallest absolute Gasteiger partial charge is 0.128 e. The van der Waals surface area contributed by atoms with Crippen LogP contribution in [0.1, 0.15) is 18.4 Å². The molecule has 0 aliphatic rings. The quantitative estimate of drug-likeness (QED) is 0.527. The Labute approximate surface area is 155 Å². The van der Waals surface area contributed by atoms with Crippen LogP contribution in [0.5, 0.6) is 5.75 Å². The van der Waals surface area contributed by atoms with E-state index in [0.717, 1.165) is 56.7 Å². The van der Waals surface area contributed by atoms with E-state index in [9.17, 15) is 0 Å². The predicted octanol–water partition coefficient (Wildman–Crippen LogP) is 5.54. The maximum absolute atomic E-state index is 6.40. The van der Waals surface area contributed by atoms with Gasteiger partial charge in [-0.15, -0.1) is 0 Å². The molecule has 0 aliphatic heterocycles. The molecule has 2 aromatic carbocycles. The first-order valence-electron chi connectivity index (χ1n) is 7.98. The third-order valence-electron chi connectivity index (χ3n) is 4.20. The van der Waals surface area contributed by atoms with Gasteiger partial charge in [-0.2, -0.15) is 0 Å². The summed E-state index contributed by atoms with van der Waals surface area (Å²) in [4.78, 5) is 3.51. The van der Waals surface area contributed by atoms with Crippen LogP contribution < -0.4 is 10.5 Å². The molecule has 0 radical (unpaired) electrons. The molecule has 24 heavy (non-hydrogen) atoms. The second-order valence-corrected chi connectivity index (χ2v) is 7.05. The molecule has 3 N–H and O–H groups in total. The van der Waals surface area contributed by atoms with E-state index in [4.69, 9.17) is 22.1 Å². The molecule has 0 bridgehead atoms. The number of nitrogens with one attached hydrogen (secondary N) is 1. The molecule has 0 spiro atoms. The van der Waals surface area contributed by atoms with Crippen molar-refractivity contribution in [3.63, 3.8) is 0 Å². The molecular weight excluding hydrogens is 388 g/mol. The molecule has 5 heteroatoms. The average Bonchev–Trinajstić information content (AvgIpc) is 2.95. The molecule has 3 rings (SSSR count). The Balaban J connectivity index is 2.21. The molecule has 126 valence electrons. The maximum atomic E-state index is 6.40. The lowest BCUT2D eigenvalue weighted by molar-refractivity contribution is 0.416. The van der Waals surface area contributed by atoms with E-state index >= 15 is 0 Å². The number of para-hydroxylation sites is 1. The number of hydrogen-bond acceptors (Lipinski definition) is 2. The van der Waals surface area contributed by atoms with Crippen LogP contribution in [-0.4, -0.2) is 18.6 Å². The maximum Gasteiger partial charge on any atom is 0.128 e. The molecule has 0 atom stereocenters. The average molecular weight is 408 g/mol. The number of H-pyrrole nitrogens is 1. The monoisotopic (exact) mass is 406 g/mol. The fraction of sp³-hybridized carbons (Fsp3) is 0.263. The lowest BCUT2D eigenvalue weighted by Gasteiger charge is -2.10. The Hall–Kier alpha value is -1.49. The van der Waals surface area contributed by atoms with Gasteiger partial charge in [-0.3, -0.25) is 0 Å². The Morgan fingerprint density at radius 2 is 2.04 bits per heavy atom. The highest BCUT2D eigenvalue weighted by molar-refractivity contribution is 9.10. The van der Waals surface area contributed by atoms with Crippen molar-refractivity contribution in [3.05, 3.63) is 51.5 Å². The number of aryl methyl sites for hydroxylation is 1. The first-order chi connectivity index (χ1) is 11.7. The number of unbranched alkanes of at least 4 members (excludes halogenated alkanes) is 1. The standard InChI is InChI=1S/C19H20BrClN2O/c1-24-17-9-8-12(20)11-15(17)18-13(5-2-3-10-22)14-6-4-7-16(21)19(14)23-18/h4,6-9,11,23H,2-3,5,10,22H2,1H3. The van der Waals surface area contributed by atoms with Gasteiger partial charge in [0.15, 0.2) is 0 Å². The van der Waals surface area contributed by atoms with Crippen LogP contribution >= 0.6 is 27.5 Å². The van der Waals surface area contributed by atoms with Crippen LogP contribution in [0.15, 0.2) is 40.9 Å². The first-order valence-corrected chi connectivity index (χ1v) is 9.16. The molecule has 0 unspecified atom stereocenters. The van der Waals surface area contributed by atoms with Crippen molar-refractivity contribution >= 4 is 38.4 Å². The number of rotatable bonds is 6. The first kappa shape index (κ1) is 17.3. The molecular formula is C19H20BrClN2O. The SMILES string of the molecule is COc1ccc(Br)cc1-c1[nH]c2c(Cl)cccc2c1CCCCN. The highest BCUT2D eigenvalue weighted by Crippen LogP contribution is 2.39. The van der Waals surface area contributed by atoms with Crippen molar-refractivity contribution in [2.45, 2.75) is 19.3 Å². The summed E-state index contributed by atoms with van der Waals surface area (Å²) in [5, 5.41) is 1.89. The van der Waals surface area contributed by atoms with Crippen LogP contribution in [0, 0.1) is 0 Å². The molecule has 0 amide bonds. The second-order valence-electron chi connectivity index (χ2n) is 5.73. The summed E-state index contributed by atoms with van der Waals surface area (Å²) >= 11 is 9.96. The Bertz CT molecular complexity index is 860. The van der Waals surface area contributed by atoms with Crippen molar-refractivity contribution < 1.29 is 4.74 Å². The number of fused-ring (bicyclic) bond motifs is 1. The fourth-order valence-corrected chi connectivity index (χ4v) is 3.63. The number of methoxy groups -OCH3 is 1. The number of ether oxygens (including phenoxy) is 1. The van der Waals surface area contributed by atoms with Crippen molar-refractivity contribution in [3.8, 4) is 17.0 Å². The van der Waals surface area contributed by atoms with E-state index in [-0.39, 0.29) is 0 Å². The van der Waals surface area contributed by atoms with Gasteiger partial charge in [-0.05, 0) is 55.6 Å². The lowest BCUT2D eigenvalue weighted by Crippen LogP contribution is -1.99. The van der Waals surface area contributed by atoms with Gasteiger partial charge < -0.3 is 15.5 Å². The summed E-state index contributed by atoms with van der Waals surface area (Å²) in [6.45, 7) is 0.707. The van der Waals surface area contributed by atoms with Crippen molar-refractivity contribution in [1.29, 1.82) is 0 Å². The number of halogens is 2. The minimum atomic E-state index is 0.707. The van der Waals surface area contributed by atoms with Gasteiger partial charge in [0, 0.05) is 15.4 Å². The third-order valence-corrected chi connectivity index (χ3v) is 5.01. The minimum Gasteiger partial charge on any atom is -0.496 e. The second kappa shape index (κ2) is 7.60. The number of hydrogen-bond donors (Lipinski definition) is 2. The zero-order chi connectivity index (χ0) is 17.1. The summed E-state index contributed by atoms with van der Waals surface area (Å²) < 4.78 is 6.58. The van der Waals surface area contributed by atoms with Gasteiger partial charge >= 0.3 is 0 Å². The molecule has 1 aromatic heterocycles. The molecule has 3 aromatic rings. The molecule has 0 aliphatic carbocycles. The highest BCUT2D eigenvalue weighted by atomic mass is 79.9. The van der Waals surface area contributed by atoms with Gasteiger partial charge in [0.2, 0.25) is 0 Å². The Morgan fingerprint density at radius 1 is 1.21 bits per heavy atom. The van der Waals surface area contributed by atoms with Crippen LogP contribution in [-0.2, 0) is 6.42 Å². The van der Waals surface area contributed by atoms with E-state index in [2.05, 4.69) is 33.0 Å². The van der Waals surface area contributed by atoms with E-state index in [1.54, 1.807) is 7.11 Å². The van der Waals surface area contributed by atoms with Crippen molar-refractivity contribution in [2.24, 2.45) is 5.73 Å². The Kier molecular flexibility index (Phi) is 5.49. The number of nitrogens with two attached hydrogens (primary N) is 1. The molecule has 0 fully saturated rings. The van der Waals surface area contributed by atoms with Crippen molar-refractivity contribution in [2.75, 3.05) is 13.7 Å². The summed E-state index contributed by atoms with van der Waals surface area (Å²) in [6.07, 6.45) is 2.99. The van der Waals surface area contributed by atoms with Crippen molar-refractivity contribution in [1.82, 2.24) is 4.98 Å². The van der Waals surface area contributed by atoms with Gasteiger partial charge in [0.25, 0.3) is 0 Å². The van der Waals surface area contributed by atoms with Gasteiger partial charge in [0.05, 0.1) is 23.3 Å². The largest absolute Gasteiger partial charge is 0.496 e. The molecule has 3 nitrogen and oxygen atoms in total. The number of aromatic amines is 1. The van der Waals surface area contributed by atoms with Crippen LogP contribution in [0.2, 0.25) is 5.02 Å². The van der Waals surface area contributed by atoms with Crippen LogP contribution in [0.4, 0.5) is 0 Å². The molecule has 0 saturated carbocycles. The zero-order valence-corrected chi connectivity index (χ0v) is 15.9. The summed E-state index contributed by atoms with van der Waals surface area (Å²) in [5.41, 5.74) is 9.99. The highest BCUT2D eigenvalue weighted by Gasteiger charge is 2.17. The lowest BCUT2D eigenvalue weighted by atomic mass is 10.00. The fourth-order valence-electron chi connectivity index (χ4n) is 3.05. The number of benzene rings is 2. The predicted molar refractivity (Wildman–Crippen MR) is 105 cm³/mol. The van der Waals surface area contributed by atoms with E-state index < -0.39 is 0 Å². The molecule has 0 saturated heterocycles. The summed E-state index contributed by atoms with van der Waals surface area (Å²) in [5.74, 6) is 0.834. The van der Waals surface area contributed by atoms with Gasteiger partial charge in [-0.25, -0.2) is 0 Å². The summed E-state index contributed by atoms with van der Waals surface area (Å²) in [6, 6.07) is 12.0. The topological polar surface area (TPSA) is 51.0 Å². The summed E-state index contributed by atoms with van der Waals surface area (Å²) in [7, 11) is 1.69. The van der Waals surface area contributed by atoms with E-state index in [1.165, 1.54) is 5.56 Å². The van der Waals surface area contributed by atoms with Gasteiger partial charge in [-0.1, -0.05) is 39.7 Å². The third kappa shape index (κ3) is 3.32.